The van der Waals surface area contributed by atoms with Crippen molar-refractivity contribution < 1.29 is 0 Å². The first-order chi connectivity index (χ1) is 8.83. The zero-order chi connectivity index (χ0) is 12.8. The van der Waals surface area contributed by atoms with Gasteiger partial charge in [0.2, 0.25) is 0 Å². The molecule has 1 N–H and O–H groups in total. The Morgan fingerprint density at radius 2 is 1.72 bits per heavy atom. The van der Waals surface area contributed by atoms with Crippen LogP contribution in [0.3, 0.4) is 0 Å². The van der Waals surface area contributed by atoms with Crippen LogP contribution in [0.1, 0.15) is 58.8 Å². The standard InChI is InChI=1S/C16H32N2/c1-3-17-16-11-6-5-10-15(16)13-18(4-2)12-14-8-7-9-14/h14-17H,3-13H2,1-2H3. The largest absolute Gasteiger partial charge is 0.314 e. The third-order valence-corrected chi connectivity index (χ3v) is 5.06. The summed E-state index contributed by atoms with van der Waals surface area (Å²) in [7, 11) is 0. The van der Waals surface area contributed by atoms with E-state index < -0.39 is 0 Å². The lowest BCUT2D eigenvalue weighted by molar-refractivity contribution is 0.133. The van der Waals surface area contributed by atoms with E-state index in [2.05, 4.69) is 24.1 Å². The Labute approximate surface area is 114 Å². The molecule has 2 nitrogen and oxygen atoms in total. The van der Waals surface area contributed by atoms with Crippen LogP contribution in [-0.4, -0.2) is 37.1 Å². The van der Waals surface area contributed by atoms with Crippen molar-refractivity contribution in [3.05, 3.63) is 0 Å². The molecule has 106 valence electrons. The molecule has 0 amide bonds. The van der Waals surface area contributed by atoms with E-state index in [1.165, 1.54) is 64.6 Å². The highest BCUT2D eigenvalue weighted by atomic mass is 15.1. The molecule has 0 aromatic rings. The number of hydrogen-bond donors (Lipinski definition) is 1. The van der Waals surface area contributed by atoms with Crippen LogP contribution in [0, 0.1) is 11.8 Å². The molecule has 18 heavy (non-hydrogen) atoms. The summed E-state index contributed by atoms with van der Waals surface area (Å²) in [6.45, 7) is 9.67. The van der Waals surface area contributed by atoms with Crippen LogP contribution in [0.15, 0.2) is 0 Å². The second-order valence-electron chi connectivity index (χ2n) is 6.36. The average molecular weight is 252 g/mol. The van der Waals surface area contributed by atoms with Crippen molar-refractivity contribution in [3.63, 3.8) is 0 Å². The predicted molar refractivity (Wildman–Crippen MR) is 78.9 cm³/mol. The lowest BCUT2D eigenvalue weighted by Crippen LogP contribution is -2.45. The number of nitrogens with zero attached hydrogens (tertiary/aromatic N) is 1. The van der Waals surface area contributed by atoms with Crippen LogP contribution in [0.25, 0.3) is 0 Å². The van der Waals surface area contributed by atoms with Gasteiger partial charge in [-0.05, 0) is 50.6 Å². The Bertz CT molecular complexity index is 223. The monoisotopic (exact) mass is 252 g/mol. The molecule has 2 fully saturated rings. The van der Waals surface area contributed by atoms with Crippen LogP contribution < -0.4 is 5.32 Å². The van der Waals surface area contributed by atoms with Gasteiger partial charge in [-0.2, -0.15) is 0 Å². The molecular formula is C16H32N2. The van der Waals surface area contributed by atoms with Crippen molar-refractivity contribution in [3.8, 4) is 0 Å². The molecule has 0 aromatic carbocycles. The minimum atomic E-state index is 0.791. The van der Waals surface area contributed by atoms with Crippen molar-refractivity contribution in [1.82, 2.24) is 10.2 Å². The van der Waals surface area contributed by atoms with E-state index in [4.69, 9.17) is 0 Å². The van der Waals surface area contributed by atoms with Gasteiger partial charge < -0.3 is 10.2 Å². The SMILES string of the molecule is CCNC1CCCCC1CN(CC)CC1CCC1. The molecule has 2 aliphatic rings. The summed E-state index contributed by atoms with van der Waals surface area (Å²) in [5, 5.41) is 3.72. The van der Waals surface area contributed by atoms with Gasteiger partial charge in [0, 0.05) is 19.1 Å². The molecule has 0 heterocycles. The van der Waals surface area contributed by atoms with Crippen LogP contribution in [0.4, 0.5) is 0 Å². The maximum absolute atomic E-state index is 3.72. The van der Waals surface area contributed by atoms with Crippen molar-refractivity contribution in [2.75, 3.05) is 26.2 Å². The molecule has 0 aliphatic heterocycles. The van der Waals surface area contributed by atoms with Gasteiger partial charge in [0.25, 0.3) is 0 Å². The van der Waals surface area contributed by atoms with Crippen LogP contribution in [0.2, 0.25) is 0 Å². The van der Waals surface area contributed by atoms with E-state index >= 15 is 0 Å². The Morgan fingerprint density at radius 1 is 0.944 bits per heavy atom. The minimum absolute atomic E-state index is 0.791. The molecule has 2 aliphatic carbocycles. The van der Waals surface area contributed by atoms with E-state index in [1.54, 1.807) is 0 Å². The van der Waals surface area contributed by atoms with Crippen LogP contribution in [0.5, 0.6) is 0 Å². The molecule has 0 spiro atoms. The second-order valence-corrected chi connectivity index (χ2v) is 6.36. The topological polar surface area (TPSA) is 15.3 Å². The van der Waals surface area contributed by atoms with E-state index in [9.17, 15) is 0 Å². The first-order valence-corrected chi connectivity index (χ1v) is 8.29. The summed E-state index contributed by atoms with van der Waals surface area (Å²) in [4.78, 5) is 2.73. The first kappa shape index (κ1) is 14.3. The fourth-order valence-corrected chi connectivity index (χ4v) is 3.66. The van der Waals surface area contributed by atoms with Gasteiger partial charge in [-0.25, -0.2) is 0 Å². The van der Waals surface area contributed by atoms with Crippen molar-refractivity contribution in [2.45, 2.75) is 64.8 Å². The summed E-state index contributed by atoms with van der Waals surface area (Å²) in [5.74, 6) is 1.92. The van der Waals surface area contributed by atoms with Gasteiger partial charge in [0.05, 0.1) is 0 Å². The number of nitrogens with one attached hydrogen (secondary N) is 1. The highest BCUT2D eigenvalue weighted by Crippen LogP contribution is 2.29. The van der Waals surface area contributed by atoms with E-state index in [0.29, 0.717) is 0 Å². The van der Waals surface area contributed by atoms with Gasteiger partial charge in [0.1, 0.15) is 0 Å². The van der Waals surface area contributed by atoms with E-state index in [-0.39, 0.29) is 0 Å². The first-order valence-electron chi connectivity index (χ1n) is 8.29. The fourth-order valence-electron chi connectivity index (χ4n) is 3.66. The maximum Gasteiger partial charge on any atom is 0.0107 e. The summed E-state index contributed by atoms with van der Waals surface area (Å²) in [6, 6.07) is 0.791. The molecule has 2 atom stereocenters. The predicted octanol–water partition coefficient (Wildman–Crippen LogP) is 3.28. The molecule has 2 heteroatoms. The van der Waals surface area contributed by atoms with E-state index in [1.807, 2.05) is 0 Å². The quantitative estimate of drug-likeness (QED) is 0.748. The zero-order valence-corrected chi connectivity index (χ0v) is 12.5. The van der Waals surface area contributed by atoms with Crippen molar-refractivity contribution in [1.29, 1.82) is 0 Å². The normalized spacial score (nSPS) is 29.5. The number of hydrogen-bond acceptors (Lipinski definition) is 2. The third-order valence-electron chi connectivity index (χ3n) is 5.06. The summed E-state index contributed by atoms with van der Waals surface area (Å²) < 4.78 is 0. The molecule has 0 radical (unpaired) electrons. The van der Waals surface area contributed by atoms with Gasteiger partial charge in [-0.1, -0.05) is 33.1 Å². The van der Waals surface area contributed by atoms with Gasteiger partial charge in [-0.3, -0.25) is 0 Å². The summed E-state index contributed by atoms with van der Waals surface area (Å²) in [6.07, 6.45) is 10.2. The molecular weight excluding hydrogens is 220 g/mol. The fraction of sp³-hybridized carbons (Fsp3) is 1.00. The van der Waals surface area contributed by atoms with E-state index in [0.717, 1.165) is 24.4 Å². The Hall–Kier alpha value is -0.0800. The van der Waals surface area contributed by atoms with Crippen LogP contribution >= 0.6 is 0 Å². The Morgan fingerprint density at radius 3 is 2.33 bits per heavy atom. The van der Waals surface area contributed by atoms with Gasteiger partial charge >= 0.3 is 0 Å². The highest BCUT2D eigenvalue weighted by Gasteiger charge is 2.27. The smallest absolute Gasteiger partial charge is 0.0107 e. The average Bonchev–Trinajstić information content (AvgIpc) is 2.34. The number of rotatable bonds is 7. The summed E-state index contributed by atoms with van der Waals surface area (Å²) >= 11 is 0. The zero-order valence-electron chi connectivity index (χ0n) is 12.5. The maximum atomic E-state index is 3.72. The lowest BCUT2D eigenvalue weighted by atomic mass is 9.82. The van der Waals surface area contributed by atoms with Crippen molar-refractivity contribution in [2.24, 2.45) is 11.8 Å². The molecule has 2 rings (SSSR count). The molecule has 0 aromatic heterocycles. The molecule has 0 saturated heterocycles. The minimum Gasteiger partial charge on any atom is -0.314 e. The highest BCUT2D eigenvalue weighted by molar-refractivity contribution is 4.84. The van der Waals surface area contributed by atoms with Gasteiger partial charge in [0.15, 0.2) is 0 Å². The van der Waals surface area contributed by atoms with Crippen LogP contribution in [-0.2, 0) is 0 Å². The third kappa shape index (κ3) is 3.96. The van der Waals surface area contributed by atoms with Gasteiger partial charge in [-0.15, -0.1) is 0 Å². The molecule has 2 saturated carbocycles. The Kier molecular flexibility index (Phi) is 5.97. The lowest BCUT2D eigenvalue weighted by Gasteiger charge is -2.38. The summed E-state index contributed by atoms with van der Waals surface area (Å²) in [5.41, 5.74) is 0. The molecule has 2 unspecified atom stereocenters. The molecule has 0 bridgehead atoms. The van der Waals surface area contributed by atoms with Crippen molar-refractivity contribution >= 4 is 0 Å². The Balaban J connectivity index is 1.79. The second kappa shape index (κ2) is 7.49.